The molecule has 53 heavy (non-hydrogen) atoms. The van der Waals surface area contributed by atoms with Gasteiger partial charge in [0.1, 0.15) is 42.3 Å². The van der Waals surface area contributed by atoms with E-state index < -0.39 is 23.9 Å². The van der Waals surface area contributed by atoms with E-state index in [4.69, 9.17) is 19.6 Å². The highest BCUT2D eigenvalue weighted by molar-refractivity contribution is 5.95. The number of halogens is 3. The number of nitrogens with two attached hydrogens (primary N) is 1. The van der Waals surface area contributed by atoms with E-state index in [1.165, 1.54) is 22.8 Å². The summed E-state index contributed by atoms with van der Waals surface area (Å²) in [5.41, 5.74) is 6.81. The van der Waals surface area contributed by atoms with Crippen molar-refractivity contribution >= 4 is 5.91 Å². The monoisotopic (exact) mass is 726 g/mol. The summed E-state index contributed by atoms with van der Waals surface area (Å²) in [6, 6.07) is 33.4. The summed E-state index contributed by atoms with van der Waals surface area (Å²) < 4.78 is 59.9. The maximum Gasteiger partial charge on any atom is 0.434 e. The molecule has 0 aliphatic carbocycles. The molecule has 13 heteroatoms. The quantitative estimate of drug-likeness (QED) is 0.0971. The fourth-order valence-electron chi connectivity index (χ4n) is 5.69. The minimum Gasteiger partial charge on any atom is -0.507 e. The van der Waals surface area contributed by atoms with Crippen LogP contribution in [0, 0.1) is 0 Å². The molecule has 2 heterocycles. The average molecular weight is 727 g/mol. The summed E-state index contributed by atoms with van der Waals surface area (Å²) in [6.07, 6.45) is -4.49. The molecule has 0 saturated carbocycles. The van der Waals surface area contributed by atoms with Crippen molar-refractivity contribution in [3.05, 3.63) is 144 Å². The number of aromatic hydroxyl groups is 1. The molecule has 0 spiro atoms. The number of amides is 1. The lowest BCUT2D eigenvalue weighted by molar-refractivity contribution is -0.140. The Hall–Kier alpha value is -6.05. The zero-order valence-corrected chi connectivity index (χ0v) is 28.4. The van der Waals surface area contributed by atoms with E-state index in [2.05, 4.69) is 4.98 Å². The Balaban J connectivity index is 1.07. The van der Waals surface area contributed by atoms with Crippen LogP contribution in [-0.4, -0.2) is 63.0 Å². The molecule has 0 bridgehead atoms. The minimum absolute atomic E-state index is 0.00192. The van der Waals surface area contributed by atoms with Crippen LogP contribution in [-0.2, 0) is 19.3 Å². The average Bonchev–Trinajstić information content (AvgIpc) is 3.80. The fourth-order valence-corrected chi connectivity index (χ4v) is 5.69. The highest BCUT2D eigenvalue weighted by Crippen LogP contribution is 2.34. The van der Waals surface area contributed by atoms with Gasteiger partial charge < -0.3 is 34.4 Å². The summed E-state index contributed by atoms with van der Waals surface area (Å²) in [7, 11) is 0. The Kier molecular flexibility index (Phi) is 11.5. The minimum atomic E-state index is -4.61. The van der Waals surface area contributed by atoms with Gasteiger partial charge in [0.2, 0.25) is 0 Å². The number of furan rings is 1. The lowest BCUT2D eigenvalue weighted by Crippen LogP contribution is -2.37. The van der Waals surface area contributed by atoms with Crippen molar-refractivity contribution < 1.29 is 42.1 Å². The number of carbonyl (C=O) groups is 1. The first kappa shape index (κ1) is 36.7. The number of hydrogen-bond donors (Lipinski definition) is 3. The molecule has 1 amide bonds. The molecule has 10 nitrogen and oxygen atoms in total. The lowest BCUT2D eigenvalue weighted by Gasteiger charge is -2.25. The number of rotatable bonds is 16. The first-order chi connectivity index (χ1) is 25.5. The van der Waals surface area contributed by atoms with Gasteiger partial charge in [0.15, 0.2) is 17.3 Å². The van der Waals surface area contributed by atoms with E-state index in [0.29, 0.717) is 35.9 Å². The Morgan fingerprint density at radius 2 is 1.53 bits per heavy atom. The number of aliphatic hydroxyl groups is 1. The number of nitrogens with zero attached hydrogens (tertiary/aromatic N) is 3. The molecule has 2 aromatic heterocycles. The standard InChI is InChI=1S/C40H37F3N4O6/c41-40(42,43)37-25-47(23-28-9-5-2-6-10-28)39(45-37)36-18-17-35(53-36)29-11-13-31(14-12-29)52-26-30(48)24-46(22-27-7-3-1-4-8-27)19-20-51-32-15-16-34(49)33(21-32)38(44)50/h1-18,21,25,30,48-49H,19-20,22-24,26H2,(H2,44,50). The van der Waals surface area contributed by atoms with Crippen molar-refractivity contribution in [1.82, 2.24) is 14.5 Å². The molecule has 0 aliphatic heterocycles. The second-order valence-corrected chi connectivity index (χ2v) is 12.3. The zero-order valence-electron chi connectivity index (χ0n) is 28.4. The van der Waals surface area contributed by atoms with E-state index in [-0.39, 0.29) is 49.2 Å². The van der Waals surface area contributed by atoms with Crippen LogP contribution in [0.5, 0.6) is 17.2 Å². The number of primary amides is 1. The smallest absolute Gasteiger partial charge is 0.434 e. The van der Waals surface area contributed by atoms with Crippen LogP contribution in [0.2, 0.25) is 0 Å². The Morgan fingerprint density at radius 3 is 2.21 bits per heavy atom. The van der Waals surface area contributed by atoms with E-state index >= 15 is 0 Å². The molecular weight excluding hydrogens is 689 g/mol. The first-order valence-corrected chi connectivity index (χ1v) is 16.7. The van der Waals surface area contributed by atoms with Gasteiger partial charge >= 0.3 is 6.18 Å². The van der Waals surface area contributed by atoms with Crippen LogP contribution >= 0.6 is 0 Å². The van der Waals surface area contributed by atoms with Gasteiger partial charge in [0.25, 0.3) is 5.91 Å². The number of benzene rings is 4. The van der Waals surface area contributed by atoms with Crippen molar-refractivity contribution in [1.29, 1.82) is 0 Å². The van der Waals surface area contributed by atoms with Gasteiger partial charge in [-0.25, -0.2) is 4.98 Å². The molecule has 6 aromatic rings. The second kappa shape index (κ2) is 16.5. The first-order valence-electron chi connectivity index (χ1n) is 16.7. The molecule has 0 aliphatic rings. The van der Waals surface area contributed by atoms with E-state index in [0.717, 1.165) is 17.3 Å². The molecule has 1 atom stereocenters. The number of alkyl halides is 3. The Bertz CT molecular complexity index is 2100. The molecule has 0 radical (unpaired) electrons. The molecule has 4 aromatic carbocycles. The van der Waals surface area contributed by atoms with Crippen molar-refractivity contribution in [3.63, 3.8) is 0 Å². The topological polar surface area (TPSA) is 136 Å². The number of phenols is 1. The highest BCUT2D eigenvalue weighted by Gasteiger charge is 2.35. The van der Waals surface area contributed by atoms with Gasteiger partial charge in [0.05, 0.1) is 5.56 Å². The van der Waals surface area contributed by atoms with Gasteiger partial charge in [-0.15, -0.1) is 0 Å². The van der Waals surface area contributed by atoms with Crippen LogP contribution in [0.3, 0.4) is 0 Å². The van der Waals surface area contributed by atoms with Gasteiger partial charge in [-0.3, -0.25) is 9.69 Å². The summed E-state index contributed by atoms with van der Waals surface area (Å²) >= 11 is 0. The van der Waals surface area contributed by atoms with Crippen LogP contribution in [0.25, 0.3) is 22.9 Å². The SMILES string of the molecule is NC(=O)c1cc(OCCN(Cc2ccccc2)CC(O)COc2ccc(-c3ccc(-c4nc(C(F)(F)F)cn4Cc4ccccc4)o3)cc2)ccc1O. The molecule has 0 saturated heterocycles. The molecule has 6 rings (SSSR count). The summed E-state index contributed by atoms with van der Waals surface area (Å²) in [5.74, 6) is 0.573. The van der Waals surface area contributed by atoms with Crippen molar-refractivity contribution in [2.45, 2.75) is 25.4 Å². The number of aromatic nitrogens is 2. The number of ether oxygens (including phenoxy) is 2. The number of imidazole rings is 1. The lowest BCUT2D eigenvalue weighted by atomic mass is 10.2. The summed E-state index contributed by atoms with van der Waals surface area (Å²) in [5, 5.41) is 20.8. The largest absolute Gasteiger partial charge is 0.507 e. The predicted octanol–water partition coefficient (Wildman–Crippen LogP) is 7.00. The summed E-state index contributed by atoms with van der Waals surface area (Å²) in [6.45, 7) is 1.66. The van der Waals surface area contributed by atoms with Crippen LogP contribution in [0.1, 0.15) is 27.2 Å². The third kappa shape index (κ3) is 9.84. The summed E-state index contributed by atoms with van der Waals surface area (Å²) in [4.78, 5) is 17.5. The number of hydrogen-bond acceptors (Lipinski definition) is 8. The number of aliphatic hydroxyl groups excluding tert-OH is 1. The highest BCUT2D eigenvalue weighted by atomic mass is 19.4. The third-order valence-electron chi connectivity index (χ3n) is 8.30. The molecule has 4 N–H and O–H groups in total. The fraction of sp³-hybridized carbons (Fsp3) is 0.200. The maximum absolute atomic E-state index is 13.6. The molecular formula is C40H37F3N4O6. The number of carbonyl (C=O) groups excluding carboxylic acids is 1. The predicted molar refractivity (Wildman–Crippen MR) is 191 cm³/mol. The molecule has 0 fully saturated rings. The van der Waals surface area contributed by atoms with E-state index in [1.807, 2.05) is 65.6 Å². The molecule has 1 unspecified atom stereocenters. The normalized spacial score (nSPS) is 12.2. The van der Waals surface area contributed by atoms with Gasteiger partial charge in [0, 0.05) is 37.9 Å². The van der Waals surface area contributed by atoms with E-state index in [1.54, 1.807) is 36.4 Å². The second-order valence-electron chi connectivity index (χ2n) is 12.3. The third-order valence-corrected chi connectivity index (χ3v) is 8.30. The van der Waals surface area contributed by atoms with Crippen molar-refractivity contribution in [3.8, 4) is 40.2 Å². The Morgan fingerprint density at radius 1 is 0.868 bits per heavy atom. The Labute approximate surface area is 303 Å². The van der Waals surface area contributed by atoms with Crippen molar-refractivity contribution in [2.24, 2.45) is 5.73 Å². The van der Waals surface area contributed by atoms with Gasteiger partial charge in [-0.05, 0) is 65.7 Å². The molecule has 274 valence electrons. The van der Waals surface area contributed by atoms with Crippen molar-refractivity contribution in [2.75, 3.05) is 26.3 Å². The van der Waals surface area contributed by atoms with Crippen LogP contribution in [0.15, 0.2) is 126 Å². The van der Waals surface area contributed by atoms with Crippen LogP contribution in [0.4, 0.5) is 13.2 Å². The maximum atomic E-state index is 13.6. The van der Waals surface area contributed by atoms with Gasteiger partial charge in [-0.1, -0.05) is 60.7 Å². The zero-order chi connectivity index (χ0) is 37.4. The van der Waals surface area contributed by atoms with Crippen LogP contribution < -0.4 is 15.2 Å². The van der Waals surface area contributed by atoms with E-state index in [9.17, 15) is 28.2 Å². The van der Waals surface area contributed by atoms with Gasteiger partial charge in [-0.2, -0.15) is 13.2 Å².